The van der Waals surface area contributed by atoms with Gasteiger partial charge in [-0.1, -0.05) is 45.0 Å². The van der Waals surface area contributed by atoms with E-state index in [2.05, 4.69) is 66.2 Å². The summed E-state index contributed by atoms with van der Waals surface area (Å²) in [5.41, 5.74) is 5.78. The number of rotatable bonds is 6. The maximum atomic E-state index is 4.78. The number of hydrogen-bond donors (Lipinski definition) is 2. The summed E-state index contributed by atoms with van der Waals surface area (Å²) in [6.07, 6.45) is 12.4. The Hall–Kier alpha value is -1.39. The van der Waals surface area contributed by atoms with Crippen molar-refractivity contribution in [2.24, 2.45) is 5.92 Å². The molecule has 2 N–H and O–H groups in total. The van der Waals surface area contributed by atoms with Crippen LogP contribution in [-0.2, 0) is 43.5 Å². The van der Waals surface area contributed by atoms with Crippen LogP contribution in [-0.4, -0.2) is 19.9 Å². The Morgan fingerprint density at radius 1 is 0.879 bits per heavy atom. The average Bonchev–Trinajstić information content (AvgIpc) is 3.56. The van der Waals surface area contributed by atoms with Crippen LogP contribution in [0.4, 0.5) is 0 Å². The Kier molecular flexibility index (Phi) is 8.85. The third-order valence-electron chi connectivity index (χ3n) is 8.12. The second-order valence-electron chi connectivity index (χ2n) is 10.0. The molecule has 2 bridgehead atoms. The predicted molar refractivity (Wildman–Crippen MR) is 134 cm³/mol. The minimum absolute atomic E-state index is 0. The van der Waals surface area contributed by atoms with Crippen LogP contribution in [0.25, 0.3) is 11.3 Å². The van der Waals surface area contributed by atoms with Gasteiger partial charge in [0.05, 0.1) is 5.69 Å². The molecular formula is C28H39N4Y. The van der Waals surface area contributed by atoms with Gasteiger partial charge in [-0.05, 0) is 60.4 Å². The minimum Gasteiger partial charge on any atom is -0.368 e. The Morgan fingerprint density at radius 3 is 2.09 bits per heavy atom. The van der Waals surface area contributed by atoms with E-state index in [0.717, 1.165) is 17.3 Å². The van der Waals surface area contributed by atoms with Gasteiger partial charge in [0.2, 0.25) is 0 Å². The van der Waals surface area contributed by atoms with E-state index >= 15 is 0 Å². The molecule has 1 unspecified atom stereocenters. The predicted octanol–water partition coefficient (Wildman–Crippen LogP) is 7.18. The molecule has 3 aromatic rings. The topological polar surface area (TPSA) is 57.4 Å². The molecule has 2 fully saturated rings. The summed E-state index contributed by atoms with van der Waals surface area (Å²) in [5, 5.41) is 0. The first-order chi connectivity index (χ1) is 14.4. The van der Waals surface area contributed by atoms with E-state index in [-0.39, 0.29) is 53.0 Å². The number of hydrogen-bond acceptors (Lipinski definition) is 2. The van der Waals surface area contributed by atoms with Crippen molar-refractivity contribution in [3.8, 4) is 11.3 Å². The maximum absolute atomic E-state index is 4.78. The molecule has 0 amide bonds. The number of nitrogens with zero attached hydrogens (tertiary/aromatic N) is 2. The molecule has 2 aliphatic carbocycles. The molecule has 2 aromatic heterocycles. The van der Waals surface area contributed by atoms with Crippen LogP contribution < -0.4 is 0 Å². The molecule has 0 aliphatic heterocycles. The molecule has 2 aliphatic rings. The van der Waals surface area contributed by atoms with E-state index in [4.69, 9.17) is 4.98 Å². The number of fused-ring (bicyclic) bond motifs is 2. The first kappa shape index (κ1) is 27.9. The second kappa shape index (κ2) is 10.5. The quantitative estimate of drug-likeness (QED) is 0.338. The summed E-state index contributed by atoms with van der Waals surface area (Å²) in [5.74, 6) is 3.16. The fraction of sp³-hybridized carbons (Fsp3) is 0.464. The van der Waals surface area contributed by atoms with Gasteiger partial charge in [0.15, 0.2) is 0 Å². The molecule has 174 valence electrons. The first-order valence-corrected chi connectivity index (χ1v) is 11.5. The Balaban J connectivity index is 0.00000128. The van der Waals surface area contributed by atoms with Crippen LogP contribution in [0.1, 0.15) is 88.6 Å². The fourth-order valence-electron chi connectivity index (χ4n) is 5.75. The Bertz CT molecular complexity index is 1020. The van der Waals surface area contributed by atoms with Crippen molar-refractivity contribution in [2.45, 2.75) is 76.5 Å². The van der Waals surface area contributed by atoms with Crippen LogP contribution in [0.15, 0.2) is 36.7 Å². The van der Waals surface area contributed by atoms with Crippen molar-refractivity contribution in [3.63, 3.8) is 0 Å². The van der Waals surface area contributed by atoms with E-state index in [1.54, 1.807) is 0 Å². The molecule has 0 radical (unpaired) electrons. The van der Waals surface area contributed by atoms with Crippen LogP contribution in [0.2, 0.25) is 0 Å². The number of benzene rings is 1. The van der Waals surface area contributed by atoms with E-state index in [1.165, 1.54) is 48.9 Å². The van der Waals surface area contributed by atoms with Gasteiger partial charge in [0.1, 0.15) is 5.82 Å². The summed E-state index contributed by atoms with van der Waals surface area (Å²) in [4.78, 5) is 16.3. The van der Waals surface area contributed by atoms with E-state index in [9.17, 15) is 0 Å². The number of aromatic nitrogens is 4. The van der Waals surface area contributed by atoms with Crippen molar-refractivity contribution in [1.82, 2.24) is 19.9 Å². The zero-order valence-corrected chi connectivity index (χ0v) is 24.0. The van der Waals surface area contributed by atoms with Gasteiger partial charge in [0.25, 0.3) is 0 Å². The summed E-state index contributed by atoms with van der Waals surface area (Å²) in [6, 6.07) is 9.22. The van der Waals surface area contributed by atoms with Crippen molar-refractivity contribution >= 4 is 0 Å². The second-order valence-corrected chi connectivity index (χ2v) is 10.0. The standard InChI is InChI=1S/C26H33N4.2CH3.Y/c1-5-23-27-14-21(29-23)19-6-8-20(9-7-19)25-10-12-26(16-25,13-11-25)22-15-28-24(30-22)18(4)17(2)3;;;/h5-9,14-15,17-18H,10-13,16H2,1-4H3,(H,27,29)(H,28,30);2*1H3;/q3*-1;+3. The maximum Gasteiger partial charge on any atom is 3.00 e. The molecule has 2 saturated carbocycles. The molecule has 1 aromatic carbocycles. The molecular weight excluding hydrogens is 481 g/mol. The van der Waals surface area contributed by atoms with Crippen LogP contribution >= 0.6 is 0 Å². The monoisotopic (exact) mass is 520 g/mol. The van der Waals surface area contributed by atoms with Crippen LogP contribution in [0, 0.1) is 27.2 Å². The number of H-pyrrole nitrogens is 2. The van der Waals surface area contributed by atoms with Crippen molar-refractivity contribution < 1.29 is 32.7 Å². The minimum atomic E-state index is 0. The molecule has 5 rings (SSSR count). The van der Waals surface area contributed by atoms with Gasteiger partial charge >= 0.3 is 32.7 Å². The zero-order chi connectivity index (χ0) is 20.9. The summed E-state index contributed by atoms with van der Waals surface area (Å²) in [6.45, 7) is 8.83. The van der Waals surface area contributed by atoms with Gasteiger partial charge < -0.3 is 31.2 Å². The molecule has 33 heavy (non-hydrogen) atoms. The third-order valence-corrected chi connectivity index (χ3v) is 8.12. The average molecular weight is 521 g/mol. The summed E-state index contributed by atoms with van der Waals surface area (Å²) in [7, 11) is 0. The van der Waals surface area contributed by atoms with Gasteiger partial charge in [0, 0.05) is 29.4 Å². The van der Waals surface area contributed by atoms with Crippen molar-refractivity contribution in [1.29, 1.82) is 0 Å². The number of aromatic amines is 2. The van der Waals surface area contributed by atoms with E-state index < -0.39 is 0 Å². The smallest absolute Gasteiger partial charge is 0.368 e. The van der Waals surface area contributed by atoms with Gasteiger partial charge in [-0.25, -0.2) is 4.98 Å². The van der Waals surface area contributed by atoms with E-state index in [0.29, 0.717) is 17.3 Å². The zero-order valence-electron chi connectivity index (χ0n) is 21.2. The summed E-state index contributed by atoms with van der Waals surface area (Å²) >= 11 is 0. The molecule has 5 heteroatoms. The van der Waals surface area contributed by atoms with Gasteiger partial charge in [-0.2, -0.15) is 6.92 Å². The third kappa shape index (κ3) is 4.75. The van der Waals surface area contributed by atoms with E-state index in [1.807, 2.05) is 19.5 Å². The largest absolute Gasteiger partial charge is 3.00 e. The molecule has 1 atom stereocenters. The number of nitrogens with one attached hydrogen (secondary N) is 2. The summed E-state index contributed by atoms with van der Waals surface area (Å²) < 4.78 is 0. The van der Waals surface area contributed by atoms with Crippen LogP contribution in [0.3, 0.4) is 0 Å². The van der Waals surface area contributed by atoms with Gasteiger partial charge in [-0.15, -0.1) is 0 Å². The van der Waals surface area contributed by atoms with Crippen molar-refractivity contribution in [3.05, 3.63) is 80.8 Å². The molecule has 2 heterocycles. The van der Waals surface area contributed by atoms with Gasteiger partial charge in [-0.3, -0.25) is 4.98 Å². The molecule has 4 nitrogen and oxygen atoms in total. The fourth-order valence-corrected chi connectivity index (χ4v) is 5.75. The number of imidazole rings is 2. The molecule has 0 spiro atoms. The van der Waals surface area contributed by atoms with Crippen molar-refractivity contribution in [2.75, 3.05) is 0 Å². The normalized spacial score (nSPS) is 24.0. The SMILES string of the molecule is C[CH-]c1ncc(-c2ccc(C34CCC(c5cnc(C(C)C(C)C)[nH]5)(CC3)C4)cc2)[nH]1.[CH3-].[CH3-].[Y+3]. The molecule has 0 saturated heterocycles. The van der Waals surface area contributed by atoms with Crippen LogP contribution in [0.5, 0.6) is 0 Å². The first-order valence-electron chi connectivity index (χ1n) is 11.5. The Labute approximate surface area is 226 Å². The Morgan fingerprint density at radius 2 is 1.52 bits per heavy atom.